The molecule has 0 aliphatic carbocycles. The molecule has 2 saturated heterocycles. The van der Waals surface area contributed by atoms with Crippen LogP contribution in [0.15, 0.2) is 115 Å². The van der Waals surface area contributed by atoms with Crippen molar-refractivity contribution in [3.05, 3.63) is 143 Å². The van der Waals surface area contributed by atoms with Crippen LogP contribution in [-0.2, 0) is 86.4 Å². The zero-order valence-electron chi connectivity index (χ0n) is 36.8. The van der Waals surface area contributed by atoms with Crippen LogP contribution >= 0.6 is 0 Å². The largest absolute Gasteiger partial charge is 0.463 e. The zero-order chi connectivity index (χ0) is 46.7. The first-order valence-corrected chi connectivity index (χ1v) is 21.4. The number of carbonyl (C=O) groups excluding carboxylic acids is 6. The van der Waals surface area contributed by atoms with Crippen LogP contribution in [0.25, 0.3) is 0 Å². The lowest BCUT2D eigenvalue weighted by molar-refractivity contribution is -0.358. The molecule has 0 aromatic heterocycles. The normalized spacial score (nSPS) is 26.0. The van der Waals surface area contributed by atoms with Gasteiger partial charge in [-0.05, 0) is 28.8 Å². The monoisotopic (exact) mass is 909 g/mol. The lowest BCUT2D eigenvalue weighted by atomic mass is 9.93. The third kappa shape index (κ3) is 11.7. The molecule has 66 heavy (non-hydrogen) atoms. The number of nitrogens with zero attached hydrogens (tertiary/aromatic N) is 1. The maximum Gasteiger partial charge on any atom is 0.303 e. The van der Waals surface area contributed by atoms with Crippen molar-refractivity contribution in [2.75, 3.05) is 13.2 Å². The van der Waals surface area contributed by atoms with Gasteiger partial charge in [-0.3, -0.25) is 33.7 Å². The Morgan fingerprint density at radius 2 is 0.939 bits per heavy atom. The maximum atomic E-state index is 14.5. The predicted molar refractivity (Wildman–Crippen MR) is 229 cm³/mol. The molecular weight excluding hydrogens is 859 g/mol. The first-order chi connectivity index (χ1) is 31.9. The minimum atomic E-state index is -1.72. The van der Waals surface area contributed by atoms with E-state index in [9.17, 15) is 28.8 Å². The van der Waals surface area contributed by atoms with Crippen LogP contribution in [0.2, 0.25) is 0 Å². The Hall–Kier alpha value is -6.34. The van der Waals surface area contributed by atoms with Crippen LogP contribution in [-0.4, -0.2) is 115 Å². The quantitative estimate of drug-likeness (QED) is 0.0744. The molecule has 3 heterocycles. The fourth-order valence-corrected chi connectivity index (χ4v) is 8.11. The molecule has 0 spiro atoms. The molecule has 3 aliphatic rings. The SMILES string of the molecule is CC(=O)OC[C@H]1O[C@@H](O[C@H]2[C@H](OCc3ccccc3)[C@@H](N3C(=O)c4ccccc4C3=O)[C@H](OCc3ccccc3)O[C@@H]2COCc2ccccc2)[C@H](OC(C)=O)[C@@H](OC(C)=O)[C@H]1OC(C)=O. The van der Waals surface area contributed by atoms with Crippen molar-refractivity contribution < 1.29 is 76.1 Å². The Balaban J connectivity index is 1.36. The van der Waals surface area contributed by atoms with Crippen LogP contribution in [0.3, 0.4) is 0 Å². The Morgan fingerprint density at radius 3 is 1.47 bits per heavy atom. The molecule has 3 aliphatic heterocycles. The average molecular weight is 910 g/mol. The third-order valence-electron chi connectivity index (χ3n) is 10.9. The van der Waals surface area contributed by atoms with E-state index in [0.717, 1.165) is 49.3 Å². The summed E-state index contributed by atoms with van der Waals surface area (Å²) in [6.07, 6.45) is -13.0. The molecule has 2 amide bonds. The van der Waals surface area contributed by atoms with E-state index in [0.29, 0.717) is 0 Å². The summed E-state index contributed by atoms with van der Waals surface area (Å²) in [6, 6.07) is 32.7. The topological polar surface area (TPSA) is 198 Å². The average Bonchev–Trinajstić information content (AvgIpc) is 3.55. The third-order valence-corrected chi connectivity index (χ3v) is 10.9. The summed E-state index contributed by atoms with van der Waals surface area (Å²) in [5, 5.41) is 0. The lowest BCUT2D eigenvalue weighted by Gasteiger charge is -2.50. The van der Waals surface area contributed by atoms with E-state index >= 15 is 0 Å². The number of rotatable bonds is 18. The van der Waals surface area contributed by atoms with Crippen molar-refractivity contribution >= 4 is 35.7 Å². The van der Waals surface area contributed by atoms with Crippen LogP contribution in [0.1, 0.15) is 65.1 Å². The van der Waals surface area contributed by atoms with E-state index in [-0.39, 0.29) is 37.6 Å². The fraction of sp³-hybridized carbons (Fsp3) is 0.388. The van der Waals surface area contributed by atoms with Gasteiger partial charge >= 0.3 is 23.9 Å². The van der Waals surface area contributed by atoms with E-state index < -0.39 is 104 Å². The Labute approximate surface area is 381 Å². The van der Waals surface area contributed by atoms with Gasteiger partial charge in [0.2, 0.25) is 0 Å². The highest BCUT2D eigenvalue weighted by Crippen LogP contribution is 2.39. The van der Waals surface area contributed by atoms with Crippen molar-refractivity contribution in [1.82, 2.24) is 4.90 Å². The summed E-state index contributed by atoms with van der Waals surface area (Å²) in [7, 11) is 0. The number of esters is 4. The minimum absolute atomic E-state index is 0.0145. The second-order valence-corrected chi connectivity index (χ2v) is 15.8. The maximum absolute atomic E-state index is 14.5. The molecular formula is C49H51NO16. The van der Waals surface area contributed by atoms with Crippen LogP contribution in [0, 0.1) is 0 Å². The van der Waals surface area contributed by atoms with Crippen LogP contribution < -0.4 is 0 Å². The number of amides is 2. The van der Waals surface area contributed by atoms with E-state index in [1.54, 1.807) is 24.3 Å². The van der Waals surface area contributed by atoms with Gasteiger partial charge < -0.3 is 47.4 Å². The standard InChI is InChI=1S/C49H51NO16/c1-29(51)58-28-39-42(61-30(2)52)44(62-31(3)53)45(63-32(4)54)49(65-39)66-41-38(27-57-24-33-16-8-5-9-17-33)64-48(60-26-35-20-12-7-13-21-35)40(43(41)59-25-34-18-10-6-11-19-34)50-46(55)36-22-14-15-23-37(36)47(50)56/h5-23,38-45,48-49H,24-28H2,1-4H3/t38-,39-,40-,41-,42+,43-,44+,45-,48-,49+/m1/s1. The first kappa shape index (κ1) is 47.6. The van der Waals surface area contributed by atoms with Crippen molar-refractivity contribution in [3.63, 3.8) is 0 Å². The number of fused-ring (bicyclic) bond motifs is 1. The number of hydrogen-bond acceptors (Lipinski definition) is 16. The smallest absolute Gasteiger partial charge is 0.303 e. The minimum Gasteiger partial charge on any atom is -0.463 e. The number of imide groups is 1. The van der Waals surface area contributed by atoms with Crippen molar-refractivity contribution in [2.45, 2.75) is 109 Å². The van der Waals surface area contributed by atoms with Crippen LogP contribution in [0.4, 0.5) is 0 Å². The number of hydrogen-bond donors (Lipinski definition) is 0. The Morgan fingerprint density at radius 1 is 0.485 bits per heavy atom. The predicted octanol–water partition coefficient (Wildman–Crippen LogP) is 4.86. The van der Waals surface area contributed by atoms with E-state index in [1.165, 1.54) is 0 Å². The molecule has 7 rings (SSSR count). The molecule has 348 valence electrons. The van der Waals surface area contributed by atoms with Crippen molar-refractivity contribution in [1.29, 1.82) is 0 Å². The summed E-state index contributed by atoms with van der Waals surface area (Å²) < 4.78 is 62.2. The molecule has 4 aromatic rings. The fourth-order valence-electron chi connectivity index (χ4n) is 8.11. The summed E-state index contributed by atoms with van der Waals surface area (Å²) in [6.45, 7) is 3.79. The molecule has 17 heteroatoms. The van der Waals surface area contributed by atoms with Gasteiger partial charge in [0.05, 0.1) is 37.6 Å². The van der Waals surface area contributed by atoms with Gasteiger partial charge in [0.15, 0.2) is 30.9 Å². The Bertz CT molecular complexity index is 2280. The zero-order valence-corrected chi connectivity index (χ0v) is 36.8. The molecule has 0 radical (unpaired) electrons. The summed E-state index contributed by atoms with van der Waals surface area (Å²) in [5.41, 5.74) is 2.61. The summed E-state index contributed by atoms with van der Waals surface area (Å²) >= 11 is 0. The van der Waals surface area contributed by atoms with Gasteiger partial charge in [0.25, 0.3) is 11.8 Å². The number of benzene rings is 4. The molecule has 0 saturated carbocycles. The molecule has 17 nitrogen and oxygen atoms in total. The van der Waals surface area contributed by atoms with Gasteiger partial charge in [-0.15, -0.1) is 0 Å². The van der Waals surface area contributed by atoms with E-state index in [4.69, 9.17) is 47.4 Å². The molecule has 10 atom stereocenters. The summed E-state index contributed by atoms with van der Waals surface area (Å²) in [5.74, 6) is -4.51. The van der Waals surface area contributed by atoms with Gasteiger partial charge in [-0.1, -0.05) is 103 Å². The molecule has 2 fully saturated rings. The van der Waals surface area contributed by atoms with Crippen molar-refractivity contribution in [3.8, 4) is 0 Å². The summed E-state index contributed by atoms with van der Waals surface area (Å²) in [4.78, 5) is 80.4. The van der Waals surface area contributed by atoms with E-state index in [1.807, 2.05) is 91.0 Å². The lowest BCUT2D eigenvalue weighted by Crippen LogP contribution is -2.69. The van der Waals surface area contributed by atoms with Crippen LogP contribution in [0.5, 0.6) is 0 Å². The van der Waals surface area contributed by atoms with E-state index in [2.05, 4.69) is 0 Å². The molecule has 0 unspecified atom stereocenters. The highest BCUT2D eigenvalue weighted by molar-refractivity contribution is 6.21. The van der Waals surface area contributed by atoms with Gasteiger partial charge in [-0.2, -0.15) is 0 Å². The first-order valence-electron chi connectivity index (χ1n) is 21.4. The van der Waals surface area contributed by atoms with Gasteiger partial charge in [-0.25, -0.2) is 0 Å². The molecule has 4 aromatic carbocycles. The molecule has 0 N–H and O–H groups in total. The Kier molecular flexibility index (Phi) is 16.0. The number of carbonyl (C=O) groups is 6. The highest BCUT2D eigenvalue weighted by atomic mass is 16.8. The molecule has 0 bridgehead atoms. The van der Waals surface area contributed by atoms with Crippen molar-refractivity contribution in [2.24, 2.45) is 0 Å². The second-order valence-electron chi connectivity index (χ2n) is 15.8. The highest BCUT2D eigenvalue weighted by Gasteiger charge is 2.59. The number of ether oxygens (including phenoxy) is 10. The van der Waals surface area contributed by atoms with Gasteiger partial charge in [0.1, 0.15) is 37.1 Å². The van der Waals surface area contributed by atoms with Gasteiger partial charge in [0, 0.05) is 27.7 Å². The second kappa shape index (κ2) is 22.2.